The Morgan fingerprint density at radius 3 is 2.38 bits per heavy atom. The molecular weight excluding hydrogens is 360 g/mol. The highest BCUT2D eigenvalue weighted by Gasteiger charge is 2.14. The van der Waals surface area contributed by atoms with Gasteiger partial charge in [0, 0.05) is 7.11 Å². The summed E-state index contributed by atoms with van der Waals surface area (Å²) in [7, 11) is 1.67. The van der Waals surface area contributed by atoms with Gasteiger partial charge in [-0.1, -0.05) is 73.9 Å². The number of methoxy groups -OCH3 is 1. The molecule has 0 aromatic rings. The Morgan fingerprint density at radius 2 is 1.69 bits per heavy atom. The Morgan fingerprint density at radius 1 is 1.00 bits per heavy atom. The highest BCUT2D eigenvalue weighted by atomic mass is 16.5. The van der Waals surface area contributed by atoms with Crippen molar-refractivity contribution in [2.75, 3.05) is 40.1 Å². The second-order valence-corrected chi connectivity index (χ2v) is 7.26. The normalized spacial score (nSPS) is 18.5. The molecule has 3 heteroatoms. The zero-order valence-electron chi connectivity index (χ0n) is 19.9. The molecule has 0 bridgehead atoms. The van der Waals surface area contributed by atoms with Crippen LogP contribution in [0.25, 0.3) is 0 Å². The van der Waals surface area contributed by atoms with Gasteiger partial charge in [-0.2, -0.15) is 0 Å². The van der Waals surface area contributed by atoms with Crippen molar-refractivity contribution in [2.45, 2.75) is 60.8 Å². The van der Waals surface area contributed by atoms with Crippen molar-refractivity contribution in [3.05, 3.63) is 58.7 Å². The molecule has 1 rings (SSSR count). The lowest BCUT2D eigenvalue weighted by Crippen LogP contribution is -2.08. The standard InChI is InChI=1S/C24H38O3.C2H6/c1-20(12-13-24-22(3)10-7-11-23(24)4)8-6-9-21(2)14-15-26-18-19-27-17-16-25-5;1-2/h6,8-9,12-14,22H,7,10-11,15-19H2,1-5H3;1-2H3/b9-6+,13-12+,20-8+,21-14+;. The van der Waals surface area contributed by atoms with Gasteiger partial charge in [-0.05, 0) is 51.5 Å². The molecule has 0 aliphatic heterocycles. The van der Waals surface area contributed by atoms with Crippen LogP contribution in [-0.4, -0.2) is 40.1 Å². The lowest BCUT2D eigenvalue weighted by atomic mass is 9.84. The van der Waals surface area contributed by atoms with E-state index in [2.05, 4.69) is 64.2 Å². The van der Waals surface area contributed by atoms with Crippen LogP contribution in [0, 0.1) is 5.92 Å². The van der Waals surface area contributed by atoms with Crippen LogP contribution in [0.4, 0.5) is 0 Å². The maximum Gasteiger partial charge on any atom is 0.0704 e. The van der Waals surface area contributed by atoms with Crippen molar-refractivity contribution >= 4 is 0 Å². The largest absolute Gasteiger partial charge is 0.382 e. The molecule has 3 nitrogen and oxygen atoms in total. The van der Waals surface area contributed by atoms with Gasteiger partial charge in [-0.3, -0.25) is 0 Å². The van der Waals surface area contributed by atoms with Crippen LogP contribution >= 0.6 is 0 Å². The van der Waals surface area contributed by atoms with Crippen LogP contribution in [0.5, 0.6) is 0 Å². The fraction of sp³-hybridized carbons (Fsp3) is 0.615. The van der Waals surface area contributed by atoms with Crippen molar-refractivity contribution < 1.29 is 14.2 Å². The Kier molecular flexibility index (Phi) is 17.7. The minimum Gasteiger partial charge on any atom is -0.382 e. The molecule has 0 saturated heterocycles. The average Bonchev–Trinajstić information content (AvgIpc) is 2.71. The monoisotopic (exact) mass is 404 g/mol. The third-order valence-electron chi connectivity index (χ3n) is 4.78. The van der Waals surface area contributed by atoms with Crippen LogP contribution < -0.4 is 0 Å². The second-order valence-electron chi connectivity index (χ2n) is 7.26. The van der Waals surface area contributed by atoms with Crippen LogP contribution in [-0.2, 0) is 14.2 Å². The summed E-state index contributed by atoms with van der Waals surface area (Å²) >= 11 is 0. The zero-order valence-corrected chi connectivity index (χ0v) is 19.9. The van der Waals surface area contributed by atoms with Gasteiger partial charge in [0.1, 0.15) is 0 Å². The molecule has 29 heavy (non-hydrogen) atoms. The second kappa shape index (κ2) is 18.6. The molecule has 1 atom stereocenters. The summed E-state index contributed by atoms with van der Waals surface area (Å²) in [5, 5.41) is 0. The van der Waals surface area contributed by atoms with E-state index in [0.717, 1.165) is 0 Å². The fourth-order valence-electron chi connectivity index (χ4n) is 3.03. The van der Waals surface area contributed by atoms with E-state index in [-0.39, 0.29) is 0 Å². The summed E-state index contributed by atoms with van der Waals surface area (Å²) in [6.45, 7) is 15.9. The maximum absolute atomic E-state index is 5.53. The first-order chi connectivity index (χ1) is 14.0. The fourth-order valence-corrected chi connectivity index (χ4v) is 3.03. The molecule has 0 aromatic heterocycles. The number of hydrogen-bond donors (Lipinski definition) is 0. The van der Waals surface area contributed by atoms with E-state index in [1.807, 2.05) is 13.8 Å². The van der Waals surface area contributed by atoms with Crippen molar-refractivity contribution in [3.8, 4) is 0 Å². The SMILES string of the molecule is CC.COCCOCCOC/C=C(C)/C=C/C=C(C)/C=C/C1=C(C)CCCC1C. The predicted octanol–water partition coefficient (Wildman–Crippen LogP) is 6.83. The molecule has 0 radical (unpaired) electrons. The van der Waals surface area contributed by atoms with Crippen molar-refractivity contribution in [1.29, 1.82) is 0 Å². The number of rotatable bonds is 12. The molecular formula is C26H44O3. The number of allylic oxidation sites excluding steroid dienone is 9. The first-order valence-corrected chi connectivity index (χ1v) is 11.1. The molecule has 0 saturated carbocycles. The molecule has 0 spiro atoms. The van der Waals surface area contributed by atoms with Gasteiger partial charge in [0.25, 0.3) is 0 Å². The quantitative estimate of drug-likeness (QED) is 0.263. The minimum absolute atomic E-state index is 0.606. The van der Waals surface area contributed by atoms with E-state index in [1.165, 1.54) is 36.0 Å². The topological polar surface area (TPSA) is 27.7 Å². The Hall–Kier alpha value is -1.42. The lowest BCUT2D eigenvalue weighted by Gasteiger charge is -2.22. The highest BCUT2D eigenvalue weighted by molar-refractivity contribution is 5.34. The van der Waals surface area contributed by atoms with Gasteiger partial charge in [0.2, 0.25) is 0 Å². The third kappa shape index (κ3) is 14.2. The minimum atomic E-state index is 0.606. The molecule has 166 valence electrons. The van der Waals surface area contributed by atoms with Gasteiger partial charge in [-0.15, -0.1) is 0 Å². The molecule has 0 aromatic carbocycles. The van der Waals surface area contributed by atoms with E-state index >= 15 is 0 Å². The number of hydrogen-bond acceptors (Lipinski definition) is 3. The Balaban J connectivity index is 0.00000379. The van der Waals surface area contributed by atoms with Gasteiger partial charge >= 0.3 is 0 Å². The molecule has 1 aliphatic rings. The van der Waals surface area contributed by atoms with Crippen LogP contribution in [0.15, 0.2) is 58.7 Å². The van der Waals surface area contributed by atoms with Gasteiger partial charge in [0.15, 0.2) is 0 Å². The molecule has 0 heterocycles. The predicted molar refractivity (Wildman–Crippen MR) is 126 cm³/mol. The van der Waals surface area contributed by atoms with Crippen LogP contribution in [0.2, 0.25) is 0 Å². The first-order valence-electron chi connectivity index (χ1n) is 11.1. The Labute approximate surface area is 180 Å². The molecule has 1 aliphatic carbocycles. The summed E-state index contributed by atoms with van der Waals surface area (Å²) < 4.78 is 15.8. The summed E-state index contributed by atoms with van der Waals surface area (Å²) in [5.74, 6) is 0.689. The molecule has 0 N–H and O–H groups in total. The smallest absolute Gasteiger partial charge is 0.0704 e. The van der Waals surface area contributed by atoms with Gasteiger partial charge < -0.3 is 14.2 Å². The molecule has 1 unspecified atom stereocenters. The van der Waals surface area contributed by atoms with Crippen molar-refractivity contribution in [2.24, 2.45) is 5.92 Å². The van der Waals surface area contributed by atoms with Gasteiger partial charge in [-0.25, -0.2) is 0 Å². The lowest BCUT2D eigenvalue weighted by molar-refractivity contribution is 0.0313. The van der Waals surface area contributed by atoms with Crippen LogP contribution in [0.3, 0.4) is 0 Å². The Bertz CT molecular complexity index is 565. The molecule has 0 amide bonds. The van der Waals surface area contributed by atoms with E-state index in [4.69, 9.17) is 14.2 Å². The highest BCUT2D eigenvalue weighted by Crippen LogP contribution is 2.30. The molecule has 0 fully saturated rings. The maximum atomic E-state index is 5.53. The van der Waals surface area contributed by atoms with E-state index in [1.54, 1.807) is 12.7 Å². The zero-order chi connectivity index (χ0) is 21.9. The average molecular weight is 405 g/mol. The van der Waals surface area contributed by atoms with Crippen molar-refractivity contribution in [1.82, 2.24) is 0 Å². The summed E-state index contributed by atoms with van der Waals surface area (Å²) in [6.07, 6.45) is 16.9. The van der Waals surface area contributed by atoms with Crippen LogP contribution in [0.1, 0.15) is 60.8 Å². The summed E-state index contributed by atoms with van der Waals surface area (Å²) in [6, 6.07) is 0. The third-order valence-corrected chi connectivity index (χ3v) is 4.78. The van der Waals surface area contributed by atoms with E-state index in [9.17, 15) is 0 Å². The first kappa shape index (κ1) is 27.6. The van der Waals surface area contributed by atoms with Gasteiger partial charge in [0.05, 0.1) is 33.0 Å². The van der Waals surface area contributed by atoms with E-state index in [0.29, 0.717) is 39.0 Å². The summed E-state index contributed by atoms with van der Waals surface area (Å²) in [4.78, 5) is 0. The number of ether oxygens (including phenoxy) is 3. The summed E-state index contributed by atoms with van der Waals surface area (Å²) in [5.41, 5.74) is 5.54. The van der Waals surface area contributed by atoms with E-state index < -0.39 is 0 Å². The van der Waals surface area contributed by atoms with Crippen molar-refractivity contribution in [3.63, 3.8) is 0 Å².